The summed E-state index contributed by atoms with van der Waals surface area (Å²) in [4.78, 5) is 0. The van der Waals surface area contributed by atoms with Gasteiger partial charge in [0.1, 0.15) is 16.5 Å². The van der Waals surface area contributed by atoms with Gasteiger partial charge in [0.2, 0.25) is 0 Å². The molecule has 0 bridgehead atoms. The van der Waals surface area contributed by atoms with Crippen molar-refractivity contribution >= 4 is 16.5 Å². The first kappa shape index (κ1) is 31.4. The van der Waals surface area contributed by atoms with Crippen LogP contribution in [0.25, 0.3) is 0 Å². The SMILES string of the molecule is CCCCN([Si](CC(C)C)(CC(C)C)CC(C)C)[Si](CC(C)C)(CC(C)C)CC(C)C. The molecule has 0 aromatic heterocycles. The molecule has 0 rings (SSSR count). The zero-order chi connectivity index (χ0) is 24.4. The van der Waals surface area contributed by atoms with Crippen LogP contribution >= 0.6 is 0 Å². The van der Waals surface area contributed by atoms with Crippen molar-refractivity contribution in [2.45, 2.75) is 139 Å². The lowest BCUT2D eigenvalue weighted by Crippen LogP contribution is -2.69. The second kappa shape index (κ2) is 14.6. The lowest BCUT2D eigenvalue weighted by molar-refractivity contribution is 0.475. The molecule has 0 fully saturated rings. The van der Waals surface area contributed by atoms with Crippen molar-refractivity contribution in [1.29, 1.82) is 0 Å². The maximum atomic E-state index is 3.45. The fourth-order valence-electron chi connectivity index (χ4n) is 7.01. The molecule has 0 aromatic carbocycles. The molecule has 0 aliphatic carbocycles. The molecule has 0 aromatic rings. The quantitative estimate of drug-likeness (QED) is 0.191. The summed E-state index contributed by atoms with van der Waals surface area (Å²) in [6, 6.07) is 9.06. The third-order valence-corrected chi connectivity index (χ3v) is 21.7. The molecule has 1 nitrogen and oxygen atoms in total. The Hall–Kier alpha value is 0.394. The molecule has 0 saturated heterocycles. The lowest BCUT2D eigenvalue weighted by Gasteiger charge is -2.57. The smallest absolute Gasteiger partial charge is 0.122 e. The van der Waals surface area contributed by atoms with Crippen molar-refractivity contribution in [2.24, 2.45) is 35.5 Å². The number of unbranched alkanes of at least 4 members (excludes halogenated alkanes) is 1. The number of nitrogens with zero attached hydrogens (tertiary/aromatic N) is 1. The van der Waals surface area contributed by atoms with E-state index < -0.39 is 16.5 Å². The van der Waals surface area contributed by atoms with E-state index in [0.29, 0.717) is 0 Å². The molecular weight excluding hydrogens is 406 g/mol. The minimum absolute atomic E-state index is 0.817. The minimum atomic E-state index is -1.59. The highest BCUT2D eigenvalue weighted by Crippen LogP contribution is 2.44. The van der Waals surface area contributed by atoms with Crippen molar-refractivity contribution in [1.82, 2.24) is 4.23 Å². The van der Waals surface area contributed by atoms with Crippen LogP contribution in [0, 0.1) is 35.5 Å². The Morgan fingerprint density at radius 3 is 0.839 bits per heavy atom. The van der Waals surface area contributed by atoms with Crippen LogP contribution in [-0.2, 0) is 0 Å². The fraction of sp³-hybridized carbons (Fsp3) is 1.00. The van der Waals surface area contributed by atoms with Gasteiger partial charge in [0.25, 0.3) is 0 Å². The topological polar surface area (TPSA) is 3.24 Å². The summed E-state index contributed by atoms with van der Waals surface area (Å²) in [7, 11) is -3.18. The van der Waals surface area contributed by atoms with Gasteiger partial charge < -0.3 is 4.23 Å². The summed E-state index contributed by atoms with van der Waals surface area (Å²) >= 11 is 0. The van der Waals surface area contributed by atoms with Crippen LogP contribution in [0.1, 0.15) is 103 Å². The lowest BCUT2D eigenvalue weighted by atomic mass is 10.2. The van der Waals surface area contributed by atoms with E-state index in [1.54, 1.807) is 0 Å². The second-order valence-electron chi connectivity index (χ2n) is 13.5. The zero-order valence-corrected chi connectivity index (χ0v) is 26.3. The van der Waals surface area contributed by atoms with Gasteiger partial charge in [-0.05, 0) is 84.7 Å². The predicted molar refractivity (Wildman–Crippen MR) is 151 cm³/mol. The van der Waals surface area contributed by atoms with E-state index in [1.165, 1.54) is 55.7 Å². The molecule has 31 heavy (non-hydrogen) atoms. The van der Waals surface area contributed by atoms with Crippen LogP contribution in [0.4, 0.5) is 0 Å². The maximum Gasteiger partial charge on any atom is 0.122 e. The van der Waals surface area contributed by atoms with Crippen LogP contribution in [0.3, 0.4) is 0 Å². The molecular formula is C28H63NSi2. The molecule has 0 atom stereocenters. The Labute approximate surface area is 201 Å². The van der Waals surface area contributed by atoms with Gasteiger partial charge in [0.15, 0.2) is 0 Å². The van der Waals surface area contributed by atoms with Crippen molar-refractivity contribution < 1.29 is 0 Å². The molecule has 0 spiro atoms. The van der Waals surface area contributed by atoms with Crippen LogP contribution in [0.2, 0.25) is 36.3 Å². The number of rotatable bonds is 17. The Morgan fingerprint density at radius 2 is 0.677 bits per heavy atom. The van der Waals surface area contributed by atoms with Crippen molar-refractivity contribution in [3.8, 4) is 0 Å². The minimum Gasteiger partial charge on any atom is -0.345 e. The highest BCUT2D eigenvalue weighted by atomic mass is 28.4. The largest absolute Gasteiger partial charge is 0.345 e. The average Bonchev–Trinajstić information content (AvgIpc) is 2.50. The molecule has 0 heterocycles. The molecule has 0 aliphatic rings. The predicted octanol–water partition coefficient (Wildman–Crippen LogP) is 9.92. The van der Waals surface area contributed by atoms with E-state index in [0.717, 1.165) is 35.5 Å². The van der Waals surface area contributed by atoms with Crippen LogP contribution < -0.4 is 0 Å². The molecule has 0 amide bonds. The third-order valence-electron chi connectivity index (χ3n) is 6.61. The monoisotopic (exact) mass is 469 g/mol. The molecule has 188 valence electrons. The van der Waals surface area contributed by atoms with Gasteiger partial charge in [-0.1, -0.05) is 96.4 Å². The number of hydrogen-bond acceptors (Lipinski definition) is 1. The van der Waals surface area contributed by atoms with E-state index in [2.05, 4.69) is 94.2 Å². The molecule has 0 aliphatic heterocycles. The fourth-order valence-corrected chi connectivity index (χ4v) is 25.4. The van der Waals surface area contributed by atoms with Gasteiger partial charge in [0.05, 0.1) is 0 Å². The Kier molecular flexibility index (Phi) is 14.8. The molecule has 0 N–H and O–H groups in total. The van der Waals surface area contributed by atoms with Gasteiger partial charge >= 0.3 is 0 Å². The van der Waals surface area contributed by atoms with Crippen LogP contribution in [0.5, 0.6) is 0 Å². The van der Waals surface area contributed by atoms with Gasteiger partial charge in [-0.2, -0.15) is 0 Å². The van der Waals surface area contributed by atoms with E-state index in [1.807, 2.05) is 0 Å². The normalized spacial score (nSPS) is 13.9. The summed E-state index contributed by atoms with van der Waals surface area (Å²) in [5.41, 5.74) is 0. The molecule has 0 saturated carbocycles. The first-order valence-electron chi connectivity index (χ1n) is 14.0. The van der Waals surface area contributed by atoms with Crippen LogP contribution in [0.15, 0.2) is 0 Å². The maximum absolute atomic E-state index is 3.45. The highest BCUT2D eigenvalue weighted by Gasteiger charge is 2.51. The van der Waals surface area contributed by atoms with E-state index in [4.69, 9.17) is 0 Å². The third kappa shape index (κ3) is 11.4. The van der Waals surface area contributed by atoms with Gasteiger partial charge in [-0.3, -0.25) is 0 Å². The molecule has 3 heteroatoms. The molecule has 0 unspecified atom stereocenters. The summed E-state index contributed by atoms with van der Waals surface area (Å²) in [6.45, 7) is 33.9. The number of hydrogen-bond donors (Lipinski definition) is 0. The van der Waals surface area contributed by atoms with Crippen molar-refractivity contribution in [3.63, 3.8) is 0 Å². The van der Waals surface area contributed by atoms with E-state index >= 15 is 0 Å². The standard InChI is InChI=1S/C28H63NSi2/c1-14-15-16-29(30(17-23(2)3,18-24(4)5)19-25(6)7)31(20-26(8)9,21-27(10)11)22-28(12)13/h23-28H,14-22H2,1-13H3. The summed E-state index contributed by atoms with van der Waals surface area (Å²) in [5.74, 6) is 4.90. The highest BCUT2D eigenvalue weighted by molar-refractivity contribution is 6.93. The molecule has 0 radical (unpaired) electrons. The second-order valence-corrected chi connectivity index (χ2v) is 22.4. The van der Waals surface area contributed by atoms with Gasteiger partial charge in [0, 0.05) is 0 Å². The Morgan fingerprint density at radius 1 is 0.452 bits per heavy atom. The van der Waals surface area contributed by atoms with Crippen molar-refractivity contribution in [2.75, 3.05) is 6.54 Å². The average molecular weight is 470 g/mol. The summed E-state index contributed by atoms with van der Waals surface area (Å²) in [6.07, 6.45) is 2.73. The van der Waals surface area contributed by atoms with Gasteiger partial charge in [-0.25, -0.2) is 0 Å². The summed E-state index contributed by atoms with van der Waals surface area (Å²) in [5, 5.41) is 0. The van der Waals surface area contributed by atoms with Crippen molar-refractivity contribution in [3.05, 3.63) is 0 Å². The first-order chi connectivity index (χ1) is 14.2. The van der Waals surface area contributed by atoms with Gasteiger partial charge in [-0.15, -0.1) is 0 Å². The first-order valence-corrected chi connectivity index (χ1v) is 19.1. The Balaban J connectivity index is 6.93. The zero-order valence-electron chi connectivity index (χ0n) is 24.3. The van der Waals surface area contributed by atoms with E-state index in [9.17, 15) is 0 Å². The summed E-state index contributed by atoms with van der Waals surface area (Å²) < 4.78 is 3.45. The van der Waals surface area contributed by atoms with E-state index in [-0.39, 0.29) is 0 Å². The Bertz CT molecular complexity index is 363. The van der Waals surface area contributed by atoms with Crippen LogP contribution in [-0.4, -0.2) is 27.2 Å².